The average molecular weight is 346 g/mol. The third kappa shape index (κ3) is 3.80. The third-order valence-electron chi connectivity index (χ3n) is 3.72. The standard InChI is InChI=1S/C16H16ClN5O2/c17-12-1-3-13(4-2-12)19-15(24)14-5-6-18-16(20-14)22-9-7-21(11-23)8-10-22/h1-6,11H,7-10H2,(H,19,24). The molecule has 1 saturated heterocycles. The smallest absolute Gasteiger partial charge is 0.274 e. The Morgan fingerprint density at radius 3 is 2.50 bits per heavy atom. The van der Waals surface area contributed by atoms with Gasteiger partial charge in [0.25, 0.3) is 5.91 Å². The summed E-state index contributed by atoms with van der Waals surface area (Å²) >= 11 is 5.83. The summed E-state index contributed by atoms with van der Waals surface area (Å²) in [5, 5.41) is 3.37. The fraction of sp³-hybridized carbons (Fsp3) is 0.250. The Balaban J connectivity index is 1.69. The molecule has 1 aromatic carbocycles. The molecule has 7 nitrogen and oxygen atoms in total. The molecule has 2 heterocycles. The lowest BCUT2D eigenvalue weighted by Gasteiger charge is -2.32. The maximum atomic E-state index is 12.3. The highest BCUT2D eigenvalue weighted by molar-refractivity contribution is 6.30. The van der Waals surface area contributed by atoms with Gasteiger partial charge in [-0.3, -0.25) is 9.59 Å². The van der Waals surface area contributed by atoms with Gasteiger partial charge in [-0.2, -0.15) is 0 Å². The topological polar surface area (TPSA) is 78.4 Å². The molecule has 0 aliphatic carbocycles. The van der Waals surface area contributed by atoms with Crippen molar-refractivity contribution >= 4 is 35.6 Å². The van der Waals surface area contributed by atoms with Crippen molar-refractivity contribution in [1.29, 1.82) is 0 Å². The van der Waals surface area contributed by atoms with Crippen LogP contribution in [0.25, 0.3) is 0 Å². The van der Waals surface area contributed by atoms with Crippen LogP contribution in [0.2, 0.25) is 5.02 Å². The maximum Gasteiger partial charge on any atom is 0.274 e. The highest BCUT2D eigenvalue weighted by atomic mass is 35.5. The first-order valence-corrected chi connectivity index (χ1v) is 7.88. The van der Waals surface area contributed by atoms with Gasteiger partial charge in [-0.05, 0) is 30.3 Å². The molecule has 3 rings (SSSR count). The number of amides is 2. The largest absolute Gasteiger partial charge is 0.342 e. The molecule has 2 amide bonds. The zero-order chi connectivity index (χ0) is 16.9. The highest BCUT2D eigenvalue weighted by Gasteiger charge is 2.19. The molecule has 0 saturated carbocycles. The maximum absolute atomic E-state index is 12.3. The Morgan fingerprint density at radius 2 is 1.83 bits per heavy atom. The van der Waals surface area contributed by atoms with E-state index in [1.165, 1.54) is 0 Å². The van der Waals surface area contributed by atoms with Crippen molar-refractivity contribution in [1.82, 2.24) is 14.9 Å². The molecule has 0 unspecified atom stereocenters. The van der Waals surface area contributed by atoms with Gasteiger partial charge in [0.1, 0.15) is 5.69 Å². The van der Waals surface area contributed by atoms with E-state index in [9.17, 15) is 9.59 Å². The summed E-state index contributed by atoms with van der Waals surface area (Å²) in [5.41, 5.74) is 0.928. The minimum Gasteiger partial charge on any atom is -0.342 e. The monoisotopic (exact) mass is 345 g/mol. The van der Waals surface area contributed by atoms with E-state index in [1.54, 1.807) is 41.4 Å². The van der Waals surface area contributed by atoms with Crippen molar-refractivity contribution in [3.05, 3.63) is 47.2 Å². The summed E-state index contributed by atoms with van der Waals surface area (Å²) in [6, 6.07) is 8.42. The van der Waals surface area contributed by atoms with Gasteiger partial charge in [0.2, 0.25) is 12.4 Å². The molecule has 124 valence electrons. The van der Waals surface area contributed by atoms with E-state index in [-0.39, 0.29) is 11.6 Å². The summed E-state index contributed by atoms with van der Waals surface area (Å²) in [7, 11) is 0. The van der Waals surface area contributed by atoms with Crippen LogP contribution in [-0.2, 0) is 4.79 Å². The Morgan fingerprint density at radius 1 is 1.12 bits per heavy atom. The quantitative estimate of drug-likeness (QED) is 0.853. The van der Waals surface area contributed by atoms with Gasteiger partial charge >= 0.3 is 0 Å². The van der Waals surface area contributed by atoms with E-state index >= 15 is 0 Å². The lowest BCUT2D eigenvalue weighted by atomic mass is 10.3. The number of rotatable bonds is 4. The van der Waals surface area contributed by atoms with E-state index in [0.29, 0.717) is 42.8 Å². The van der Waals surface area contributed by atoms with E-state index < -0.39 is 0 Å². The lowest BCUT2D eigenvalue weighted by molar-refractivity contribution is -0.118. The summed E-state index contributed by atoms with van der Waals surface area (Å²) < 4.78 is 0. The van der Waals surface area contributed by atoms with Crippen molar-refractivity contribution in [2.24, 2.45) is 0 Å². The predicted octanol–water partition coefficient (Wildman–Crippen LogP) is 1.66. The Bertz CT molecular complexity index is 730. The van der Waals surface area contributed by atoms with Crippen LogP contribution in [0, 0.1) is 0 Å². The van der Waals surface area contributed by atoms with Gasteiger partial charge in [0.05, 0.1) is 0 Å². The Labute approximate surface area is 144 Å². The second-order valence-corrected chi connectivity index (χ2v) is 5.77. The number of piperazine rings is 1. The lowest BCUT2D eigenvalue weighted by Crippen LogP contribution is -2.46. The van der Waals surface area contributed by atoms with Crippen LogP contribution in [0.1, 0.15) is 10.5 Å². The molecule has 1 fully saturated rings. The number of anilines is 2. The Hall–Kier alpha value is -2.67. The van der Waals surface area contributed by atoms with Crippen molar-refractivity contribution in [2.45, 2.75) is 0 Å². The zero-order valence-corrected chi connectivity index (χ0v) is 13.6. The highest BCUT2D eigenvalue weighted by Crippen LogP contribution is 2.15. The van der Waals surface area contributed by atoms with E-state index in [2.05, 4.69) is 15.3 Å². The molecule has 2 aromatic rings. The molecule has 0 bridgehead atoms. The average Bonchev–Trinajstić information content (AvgIpc) is 2.64. The van der Waals surface area contributed by atoms with E-state index in [0.717, 1.165) is 6.41 Å². The molecular weight excluding hydrogens is 330 g/mol. The molecule has 8 heteroatoms. The predicted molar refractivity (Wildman–Crippen MR) is 91.3 cm³/mol. The van der Waals surface area contributed by atoms with Gasteiger partial charge in [-0.25, -0.2) is 9.97 Å². The van der Waals surface area contributed by atoms with E-state index in [4.69, 9.17) is 11.6 Å². The van der Waals surface area contributed by atoms with Crippen LogP contribution < -0.4 is 10.2 Å². The number of carbonyl (C=O) groups excluding carboxylic acids is 2. The second kappa shape index (κ2) is 7.27. The summed E-state index contributed by atoms with van der Waals surface area (Å²) in [5.74, 6) is 0.178. The van der Waals surface area contributed by atoms with Crippen LogP contribution >= 0.6 is 11.6 Å². The van der Waals surface area contributed by atoms with Crippen molar-refractivity contribution in [2.75, 3.05) is 36.4 Å². The van der Waals surface area contributed by atoms with Crippen LogP contribution in [0.4, 0.5) is 11.6 Å². The SMILES string of the molecule is O=CN1CCN(c2nccc(C(=O)Nc3ccc(Cl)cc3)n2)CC1. The van der Waals surface area contributed by atoms with Crippen LogP contribution in [0.5, 0.6) is 0 Å². The fourth-order valence-electron chi connectivity index (χ4n) is 2.38. The van der Waals surface area contributed by atoms with E-state index in [1.807, 2.05) is 4.90 Å². The Kier molecular flexibility index (Phi) is 4.90. The molecule has 24 heavy (non-hydrogen) atoms. The van der Waals surface area contributed by atoms with Crippen LogP contribution in [0.15, 0.2) is 36.5 Å². The number of nitrogens with zero attached hydrogens (tertiary/aromatic N) is 4. The minimum absolute atomic E-state index is 0.285. The van der Waals surface area contributed by atoms with Crippen LogP contribution in [0.3, 0.4) is 0 Å². The summed E-state index contributed by atoms with van der Waals surface area (Å²) in [6.07, 6.45) is 2.40. The van der Waals surface area contributed by atoms with Gasteiger partial charge < -0.3 is 15.1 Å². The molecule has 1 aliphatic heterocycles. The summed E-state index contributed by atoms with van der Waals surface area (Å²) in [6.45, 7) is 2.52. The first-order chi connectivity index (χ1) is 11.7. The number of hydrogen-bond donors (Lipinski definition) is 1. The molecule has 0 spiro atoms. The second-order valence-electron chi connectivity index (χ2n) is 5.33. The first kappa shape index (κ1) is 16.2. The molecule has 1 aromatic heterocycles. The van der Waals surface area contributed by atoms with Gasteiger partial charge in [0, 0.05) is 43.1 Å². The molecule has 1 aliphatic rings. The van der Waals surface area contributed by atoms with Gasteiger partial charge in [-0.15, -0.1) is 0 Å². The molecular formula is C16H16ClN5O2. The molecule has 1 N–H and O–H groups in total. The molecule has 0 radical (unpaired) electrons. The number of nitrogens with one attached hydrogen (secondary N) is 1. The number of halogens is 1. The number of aromatic nitrogens is 2. The third-order valence-corrected chi connectivity index (χ3v) is 3.98. The zero-order valence-electron chi connectivity index (χ0n) is 12.9. The summed E-state index contributed by atoms with van der Waals surface area (Å²) in [4.78, 5) is 35.3. The fourth-order valence-corrected chi connectivity index (χ4v) is 2.51. The van der Waals surface area contributed by atoms with Crippen molar-refractivity contribution in [3.63, 3.8) is 0 Å². The first-order valence-electron chi connectivity index (χ1n) is 7.50. The normalized spacial score (nSPS) is 14.4. The van der Waals surface area contributed by atoms with Crippen molar-refractivity contribution in [3.8, 4) is 0 Å². The minimum atomic E-state index is -0.313. The number of benzene rings is 1. The van der Waals surface area contributed by atoms with Crippen molar-refractivity contribution < 1.29 is 9.59 Å². The molecule has 0 atom stereocenters. The van der Waals surface area contributed by atoms with Crippen LogP contribution in [-0.4, -0.2) is 53.4 Å². The van der Waals surface area contributed by atoms with Gasteiger partial charge in [0.15, 0.2) is 0 Å². The van der Waals surface area contributed by atoms with Gasteiger partial charge in [-0.1, -0.05) is 11.6 Å². The number of hydrogen-bond acceptors (Lipinski definition) is 5. The number of carbonyl (C=O) groups is 2.